The second-order valence-electron chi connectivity index (χ2n) is 11.7. The zero-order valence-electron chi connectivity index (χ0n) is 25.9. The van der Waals surface area contributed by atoms with E-state index in [4.69, 9.17) is 9.26 Å². The van der Waals surface area contributed by atoms with Gasteiger partial charge >= 0.3 is 12.2 Å². The number of hydrogen-bond acceptors (Lipinski definition) is 9. The summed E-state index contributed by atoms with van der Waals surface area (Å²) in [7, 11) is 0. The van der Waals surface area contributed by atoms with Crippen molar-refractivity contribution in [2.45, 2.75) is 38.5 Å². The number of carbonyl (C=O) groups is 4. The number of ether oxygens (including phenoxy) is 1. The van der Waals surface area contributed by atoms with Crippen molar-refractivity contribution in [1.29, 1.82) is 0 Å². The van der Waals surface area contributed by atoms with E-state index in [0.29, 0.717) is 38.4 Å². The molecule has 2 aromatic carbocycles. The normalized spacial score (nSPS) is 18.2. The second kappa shape index (κ2) is 14.4. The van der Waals surface area contributed by atoms with E-state index in [9.17, 15) is 32.3 Å². The highest BCUT2D eigenvalue weighted by atomic mass is 19.4. The van der Waals surface area contributed by atoms with Crippen molar-refractivity contribution >= 4 is 23.6 Å². The van der Waals surface area contributed by atoms with Crippen LogP contribution in [0.2, 0.25) is 0 Å². The van der Waals surface area contributed by atoms with Gasteiger partial charge in [0.25, 0.3) is 5.91 Å². The standard InChI is InChI=1S/C32H35F3N6O6/c1-20(2)26(28(43)29-37-25(47-38-29)18-21-7-6-10-23(17-21)32(33,34)35)36-24(42)19-41-30(44)27(22-8-4-3-5-9-22)40(31(41)45)12-11-39-13-15-46-16-14-39/h3-10,17,20,26-27H,11-16,18-19H2,1-2H3,(H,36,42). The molecule has 250 valence electrons. The van der Waals surface area contributed by atoms with Gasteiger partial charge in [-0.05, 0) is 23.1 Å². The van der Waals surface area contributed by atoms with E-state index in [1.165, 1.54) is 17.0 Å². The molecule has 0 bridgehead atoms. The zero-order chi connectivity index (χ0) is 33.7. The second-order valence-corrected chi connectivity index (χ2v) is 11.7. The quantitative estimate of drug-likeness (QED) is 0.230. The number of imide groups is 1. The van der Waals surface area contributed by atoms with Crippen LogP contribution in [0.5, 0.6) is 0 Å². The maximum Gasteiger partial charge on any atom is 0.416 e. The third-order valence-electron chi connectivity index (χ3n) is 8.03. The average molecular weight is 657 g/mol. The number of Topliss-reactive ketones (excluding diaryl/α,β-unsaturated/α-hetero) is 1. The fourth-order valence-corrected chi connectivity index (χ4v) is 5.54. The molecule has 3 aromatic rings. The number of hydrogen-bond donors (Lipinski definition) is 1. The molecule has 0 spiro atoms. The highest BCUT2D eigenvalue weighted by Crippen LogP contribution is 2.31. The number of ketones is 1. The van der Waals surface area contributed by atoms with Crippen LogP contribution in [-0.4, -0.2) is 100 Å². The van der Waals surface area contributed by atoms with Crippen molar-refractivity contribution in [1.82, 2.24) is 30.2 Å². The number of nitrogens with one attached hydrogen (secondary N) is 1. The predicted octanol–water partition coefficient (Wildman–Crippen LogP) is 3.34. The van der Waals surface area contributed by atoms with Crippen LogP contribution in [0.15, 0.2) is 59.1 Å². The first-order valence-corrected chi connectivity index (χ1v) is 15.2. The molecular formula is C32H35F3N6O6. The number of carbonyl (C=O) groups excluding carboxylic acids is 4. The summed E-state index contributed by atoms with van der Waals surface area (Å²) in [5, 5.41) is 6.28. The first-order valence-electron chi connectivity index (χ1n) is 15.2. The van der Waals surface area contributed by atoms with Crippen LogP contribution in [0.3, 0.4) is 0 Å². The monoisotopic (exact) mass is 656 g/mol. The molecule has 0 aliphatic carbocycles. The minimum Gasteiger partial charge on any atom is -0.379 e. The van der Waals surface area contributed by atoms with Gasteiger partial charge in [0.15, 0.2) is 0 Å². The van der Waals surface area contributed by atoms with Crippen molar-refractivity contribution in [2.24, 2.45) is 5.92 Å². The van der Waals surface area contributed by atoms with E-state index in [2.05, 4.69) is 20.4 Å². The molecule has 1 aromatic heterocycles. The van der Waals surface area contributed by atoms with E-state index in [1.807, 2.05) is 0 Å². The highest BCUT2D eigenvalue weighted by Gasteiger charge is 2.46. The van der Waals surface area contributed by atoms with Gasteiger partial charge in [-0.15, -0.1) is 0 Å². The summed E-state index contributed by atoms with van der Waals surface area (Å²) in [6, 6.07) is 10.8. The molecule has 12 nitrogen and oxygen atoms in total. The summed E-state index contributed by atoms with van der Waals surface area (Å²) in [5.74, 6) is -2.89. The molecule has 0 saturated carbocycles. The van der Waals surface area contributed by atoms with Crippen LogP contribution in [0.4, 0.5) is 18.0 Å². The molecule has 4 amide bonds. The number of amides is 4. The lowest BCUT2D eigenvalue weighted by atomic mass is 9.99. The van der Waals surface area contributed by atoms with Crippen LogP contribution < -0.4 is 5.32 Å². The van der Waals surface area contributed by atoms with E-state index >= 15 is 0 Å². The molecule has 1 N–H and O–H groups in total. The van der Waals surface area contributed by atoms with Gasteiger partial charge in [-0.2, -0.15) is 18.2 Å². The molecule has 2 unspecified atom stereocenters. The fraction of sp³-hybridized carbons (Fsp3) is 0.438. The first-order chi connectivity index (χ1) is 22.4. The number of rotatable bonds is 12. The Labute approximate surface area is 268 Å². The molecule has 2 saturated heterocycles. The molecule has 2 atom stereocenters. The lowest BCUT2D eigenvalue weighted by molar-refractivity contribution is -0.137. The summed E-state index contributed by atoms with van der Waals surface area (Å²) < 4.78 is 49.8. The number of aromatic nitrogens is 2. The van der Waals surface area contributed by atoms with E-state index in [-0.39, 0.29) is 30.2 Å². The first kappa shape index (κ1) is 33.7. The minimum atomic E-state index is -4.53. The van der Waals surface area contributed by atoms with Crippen molar-refractivity contribution in [3.8, 4) is 0 Å². The fourth-order valence-electron chi connectivity index (χ4n) is 5.54. The number of nitrogens with zero attached hydrogens (tertiary/aromatic N) is 5. The highest BCUT2D eigenvalue weighted by molar-refractivity contribution is 6.07. The van der Waals surface area contributed by atoms with E-state index in [1.54, 1.807) is 44.2 Å². The van der Waals surface area contributed by atoms with Crippen molar-refractivity contribution in [3.05, 3.63) is 83.0 Å². The van der Waals surface area contributed by atoms with Gasteiger partial charge in [0.05, 0.1) is 31.2 Å². The largest absolute Gasteiger partial charge is 0.416 e. The molecule has 5 rings (SSSR count). The van der Waals surface area contributed by atoms with Gasteiger partial charge in [-0.3, -0.25) is 24.2 Å². The molecule has 2 fully saturated rings. The Balaban J connectivity index is 1.26. The van der Waals surface area contributed by atoms with Crippen molar-refractivity contribution in [3.63, 3.8) is 0 Å². The molecule has 3 heterocycles. The third-order valence-corrected chi connectivity index (χ3v) is 8.03. The zero-order valence-corrected chi connectivity index (χ0v) is 25.9. The van der Waals surface area contributed by atoms with Crippen molar-refractivity contribution < 1.29 is 41.6 Å². The Kier molecular flexibility index (Phi) is 10.3. The number of benzene rings is 2. The summed E-state index contributed by atoms with van der Waals surface area (Å²) in [4.78, 5) is 62.3. The Bertz CT molecular complexity index is 1590. The topological polar surface area (TPSA) is 138 Å². The molecule has 2 aliphatic rings. The van der Waals surface area contributed by atoms with Gasteiger partial charge in [0.2, 0.25) is 23.4 Å². The Morgan fingerprint density at radius 3 is 2.43 bits per heavy atom. The summed E-state index contributed by atoms with van der Waals surface area (Å²) in [5.41, 5.74) is 0.0339. The summed E-state index contributed by atoms with van der Waals surface area (Å²) in [6.07, 6.45) is -4.67. The Hall–Kier alpha value is -4.63. The van der Waals surface area contributed by atoms with Gasteiger partial charge < -0.3 is 19.5 Å². The van der Waals surface area contributed by atoms with Crippen LogP contribution in [-0.2, 0) is 26.9 Å². The lowest BCUT2D eigenvalue weighted by Crippen LogP contribution is -2.49. The number of alkyl halides is 3. The molecular weight excluding hydrogens is 621 g/mol. The molecule has 0 radical (unpaired) electrons. The molecule has 15 heteroatoms. The van der Waals surface area contributed by atoms with Crippen LogP contribution in [0.1, 0.15) is 53.1 Å². The Morgan fingerprint density at radius 2 is 1.74 bits per heavy atom. The number of morpholine rings is 1. The van der Waals surface area contributed by atoms with Crippen LogP contribution in [0.25, 0.3) is 0 Å². The number of urea groups is 1. The lowest BCUT2D eigenvalue weighted by Gasteiger charge is -2.29. The maximum atomic E-state index is 13.6. The van der Waals surface area contributed by atoms with Crippen LogP contribution in [0, 0.1) is 5.92 Å². The van der Waals surface area contributed by atoms with Gasteiger partial charge in [0.1, 0.15) is 12.6 Å². The molecule has 47 heavy (non-hydrogen) atoms. The smallest absolute Gasteiger partial charge is 0.379 e. The van der Waals surface area contributed by atoms with Gasteiger partial charge in [0, 0.05) is 26.2 Å². The van der Waals surface area contributed by atoms with Crippen molar-refractivity contribution in [2.75, 3.05) is 45.9 Å². The minimum absolute atomic E-state index is 0.0844. The van der Waals surface area contributed by atoms with Crippen LogP contribution >= 0.6 is 0 Å². The third kappa shape index (κ3) is 8.03. The maximum absolute atomic E-state index is 13.6. The summed E-state index contributed by atoms with van der Waals surface area (Å²) in [6.45, 7) is 6.10. The Morgan fingerprint density at radius 1 is 1.02 bits per heavy atom. The van der Waals surface area contributed by atoms with Gasteiger partial charge in [-0.25, -0.2) is 4.79 Å². The SMILES string of the molecule is CC(C)C(NC(=O)CN1C(=O)C(c2ccccc2)N(CCN2CCOCC2)C1=O)C(=O)c1noc(Cc2cccc(C(F)(F)F)c2)n1. The predicted molar refractivity (Wildman–Crippen MR) is 160 cm³/mol. The van der Waals surface area contributed by atoms with Gasteiger partial charge in [-0.1, -0.05) is 67.5 Å². The summed E-state index contributed by atoms with van der Waals surface area (Å²) >= 11 is 0. The average Bonchev–Trinajstić information content (AvgIpc) is 3.61. The number of halogens is 3. The van der Waals surface area contributed by atoms with E-state index in [0.717, 1.165) is 17.0 Å². The molecule has 2 aliphatic heterocycles. The van der Waals surface area contributed by atoms with E-state index < -0.39 is 59.9 Å².